The van der Waals surface area contributed by atoms with Crippen LogP contribution in [0.3, 0.4) is 0 Å². The van der Waals surface area contributed by atoms with Gasteiger partial charge < -0.3 is 14.1 Å². The van der Waals surface area contributed by atoms with E-state index in [0.717, 1.165) is 48.1 Å². The molecule has 2 heterocycles. The molecule has 3 rings (SSSR count). The third-order valence-corrected chi connectivity index (χ3v) is 4.63. The zero-order valence-corrected chi connectivity index (χ0v) is 16.0. The lowest BCUT2D eigenvalue weighted by Gasteiger charge is -2.26. The molecule has 0 unspecified atom stereocenters. The quantitative estimate of drug-likeness (QED) is 0.697. The van der Waals surface area contributed by atoms with Crippen LogP contribution in [0.5, 0.6) is 0 Å². The van der Waals surface area contributed by atoms with Gasteiger partial charge in [0.15, 0.2) is 0 Å². The summed E-state index contributed by atoms with van der Waals surface area (Å²) < 4.78 is 12.3. The summed E-state index contributed by atoms with van der Waals surface area (Å²) >= 11 is 3.57. The van der Waals surface area contributed by atoms with Crippen molar-refractivity contribution in [2.75, 3.05) is 31.2 Å². The maximum atomic E-state index is 5.93. The third kappa shape index (κ3) is 4.08. The minimum absolute atomic E-state index is 0.154. The van der Waals surface area contributed by atoms with E-state index in [9.17, 15) is 0 Å². The van der Waals surface area contributed by atoms with Gasteiger partial charge in [0.05, 0.1) is 29.6 Å². The molecular weight excluding hydrogens is 368 g/mol. The van der Waals surface area contributed by atoms with Crippen molar-refractivity contribution in [1.82, 2.24) is 0 Å². The second-order valence-electron chi connectivity index (χ2n) is 6.96. The second kappa shape index (κ2) is 7.11. The summed E-state index contributed by atoms with van der Waals surface area (Å²) in [5.74, 6) is 1.59. The number of nitrogens with zero attached hydrogens (tertiary/aromatic N) is 2. The zero-order chi connectivity index (χ0) is 17.2. The maximum absolute atomic E-state index is 5.93. The number of hydrogen-bond donors (Lipinski definition) is 0. The van der Waals surface area contributed by atoms with Crippen molar-refractivity contribution in [3.63, 3.8) is 0 Å². The topological polar surface area (TPSA) is 38.0 Å². The Morgan fingerprint density at radius 3 is 2.42 bits per heavy atom. The largest absolute Gasteiger partial charge is 0.438 e. The molecule has 2 aromatic rings. The van der Waals surface area contributed by atoms with Crippen LogP contribution in [-0.4, -0.2) is 32.5 Å². The van der Waals surface area contributed by atoms with Crippen molar-refractivity contribution in [1.29, 1.82) is 0 Å². The lowest BCUT2D eigenvalue weighted by molar-refractivity contribution is 0.120. The van der Waals surface area contributed by atoms with Crippen LogP contribution in [0.15, 0.2) is 44.2 Å². The number of benzene rings is 1. The van der Waals surface area contributed by atoms with E-state index < -0.39 is 0 Å². The third-order valence-electron chi connectivity index (χ3n) is 4.06. The molecule has 1 aromatic carbocycles. The van der Waals surface area contributed by atoms with Gasteiger partial charge in [-0.15, -0.1) is 0 Å². The smallest absolute Gasteiger partial charge is 0.210 e. The van der Waals surface area contributed by atoms with Crippen molar-refractivity contribution in [3.8, 4) is 0 Å². The van der Waals surface area contributed by atoms with Crippen LogP contribution < -0.4 is 4.90 Å². The minimum Gasteiger partial charge on any atom is -0.438 e. The molecule has 1 saturated heterocycles. The van der Waals surface area contributed by atoms with Gasteiger partial charge in [0.2, 0.25) is 5.88 Å². The number of aliphatic imine (C=N–C) groups is 1. The standard InChI is InChI=1S/C19H23BrN2O2/c1-19(2,3)14-4-6-15(7-5-14)21-13-16-12-17(20)18(24-16)22-8-10-23-11-9-22/h4-7,12-13H,8-11H2,1-3H3. The molecule has 4 nitrogen and oxygen atoms in total. The molecule has 5 heteroatoms. The molecule has 1 aliphatic rings. The molecule has 1 aliphatic heterocycles. The maximum Gasteiger partial charge on any atom is 0.210 e. The first-order valence-electron chi connectivity index (χ1n) is 8.20. The average molecular weight is 391 g/mol. The van der Waals surface area contributed by atoms with Crippen molar-refractivity contribution < 1.29 is 9.15 Å². The van der Waals surface area contributed by atoms with Gasteiger partial charge in [0.1, 0.15) is 5.76 Å². The van der Waals surface area contributed by atoms with Crippen LogP contribution in [0.25, 0.3) is 0 Å². The Balaban J connectivity index is 1.72. The van der Waals surface area contributed by atoms with E-state index in [-0.39, 0.29) is 5.41 Å². The Morgan fingerprint density at radius 2 is 1.79 bits per heavy atom. The van der Waals surface area contributed by atoms with Gasteiger partial charge in [-0.3, -0.25) is 4.99 Å². The van der Waals surface area contributed by atoms with Crippen LogP contribution in [0.1, 0.15) is 32.1 Å². The molecule has 0 amide bonds. The van der Waals surface area contributed by atoms with E-state index >= 15 is 0 Å². The first-order valence-corrected chi connectivity index (χ1v) is 8.99. The number of morpholine rings is 1. The Hall–Kier alpha value is -1.59. The van der Waals surface area contributed by atoms with E-state index in [1.54, 1.807) is 6.21 Å². The lowest BCUT2D eigenvalue weighted by atomic mass is 9.87. The second-order valence-corrected chi connectivity index (χ2v) is 7.81. The number of hydrogen-bond acceptors (Lipinski definition) is 4. The first kappa shape index (κ1) is 17.2. The zero-order valence-electron chi connectivity index (χ0n) is 14.4. The van der Waals surface area contributed by atoms with Crippen LogP contribution in [0, 0.1) is 0 Å². The van der Waals surface area contributed by atoms with E-state index in [1.165, 1.54) is 5.56 Å². The molecule has 1 aromatic heterocycles. The van der Waals surface area contributed by atoms with Gasteiger partial charge in [-0.1, -0.05) is 32.9 Å². The van der Waals surface area contributed by atoms with Crippen molar-refractivity contribution in [3.05, 3.63) is 46.1 Å². The number of rotatable bonds is 3. The van der Waals surface area contributed by atoms with Crippen LogP contribution in [0.2, 0.25) is 0 Å². The number of anilines is 1. The SMILES string of the molecule is CC(C)(C)c1ccc(N=Cc2cc(Br)c(N3CCOCC3)o2)cc1. The van der Waals surface area contributed by atoms with Gasteiger partial charge in [-0.05, 0) is 39.0 Å². The molecule has 1 fully saturated rings. The van der Waals surface area contributed by atoms with Crippen molar-refractivity contribution in [2.45, 2.75) is 26.2 Å². The summed E-state index contributed by atoms with van der Waals surface area (Å²) in [7, 11) is 0. The summed E-state index contributed by atoms with van der Waals surface area (Å²) in [6.07, 6.45) is 1.76. The highest BCUT2D eigenvalue weighted by atomic mass is 79.9. The van der Waals surface area contributed by atoms with Crippen molar-refractivity contribution >= 4 is 33.7 Å². The number of halogens is 1. The molecule has 0 atom stereocenters. The van der Waals surface area contributed by atoms with Gasteiger partial charge in [0.25, 0.3) is 0 Å². The van der Waals surface area contributed by atoms with Crippen molar-refractivity contribution in [2.24, 2.45) is 4.99 Å². The molecule has 0 spiro atoms. The predicted octanol–water partition coefficient (Wildman–Crippen LogP) is 4.93. The minimum atomic E-state index is 0.154. The molecule has 0 radical (unpaired) electrons. The Labute approximate surface area is 151 Å². The van der Waals surface area contributed by atoms with Crippen LogP contribution in [0.4, 0.5) is 11.6 Å². The predicted molar refractivity (Wildman–Crippen MR) is 102 cm³/mol. The molecule has 24 heavy (non-hydrogen) atoms. The molecule has 0 bridgehead atoms. The van der Waals surface area contributed by atoms with Gasteiger partial charge in [-0.25, -0.2) is 0 Å². The van der Waals surface area contributed by atoms with Crippen LogP contribution in [-0.2, 0) is 10.2 Å². The molecule has 0 saturated carbocycles. The normalized spacial score (nSPS) is 16.1. The van der Waals surface area contributed by atoms with E-state index in [2.05, 4.69) is 58.7 Å². The van der Waals surface area contributed by atoms with E-state index in [0.29, 0.717) is 0 Å². The fourth-order valence-corrected chi connectivity index (χ4v) is 3.17. The van der Waals surface area contributed by atoms with E-state index in [1.807, 2.05) is 18.2 Å². The fraction of sp³-hybridized carbons (Fsp3) is 0.421. The van der Waals surface area contributed by atoms with Crippen LogP contribution >= 0.6 is 15.9 Å². The summed E-state index contributed by atoms with van der Waals surface area (Å²) in [6.45, 7) is 9.78. The highest BCUT2D eigenvalue weighted by molar-refractivity contribution is 9.10. The monoisotopic (exact) mass is 390 g/mol. The lowest BCUT2D eigenvalue weighted by Crippen LogP contribution is -2.36. The highest BCUT2D eigenvalue weighted by Gasteiger charge is 2.18. The summed E-state index contributed by atoms with van der Waals surface area (Å²) in [5.41, 5.74) is 2.38. The molecule has 0 N–H and O–H groups in total. The van der Waals surface area contributed by atoms with Gasteiger partial charge in [0, 0.05) is 19.2 Å². The summed E-state index contributed by atoms with van der Waals surface area (Å²) in [6, 6.07) is 10.3. The number of furan rings is 1. The average Bonchev–Trinajstić information content (AvgIpc) is 2.94. The summed E-state index contributed by atoms with van der Waals surface area (Å²) in [4.78, 5) is 6.70. The Bertz CT molecular complexity index is 708. The Kier molecular flexibility index (Phi) is 5.11. The first-order chi connectivity index (χ1) is 11.4. The highest BCUT2D eigenvalue weighted by Crippen LogP contribution is 2.30. The number of ether oxygens (including phenoxy) is 1. The molecular formula is C19H23BrN2O2. The fourth-order valence-electron chi connectivity index (χ4n) is 2.61. The van der Waals surface area contributed by atoms with E-state index in [4.69, 9.17) is 9.15 Å². The summed E-state index contributed by atoms with van der Waals surface area (Å²) in [5, 5.41) is 0. The Morgan fingerprint density at radius 1 is 1.12 bits per heavy atom. The molecule has 0 aliphatic carbocycles. The molecule has 128 valence electrons. The van der Waals surface area contributed by atoms with Gasteiger partial charge >= 0.3 is 0 Å². The van der Waals surface area contributed by atoms with Gasteiger partial charge in [-0.2, -0.15) is 0 Å².